The number of hydrogen-bond donors (Lipinski definition) is 1. The molecular weight excluding hydrogens is 278 g/mol. The van der Waals surface area contributed by atoms with Crippen molar-refractivity contribution in [1.82, 2.24) is 9.88 Å². The van der Waals surface area contributed by atoms with Crippen LogP contribution in [0.15, 0.2) is 12.3 Å². The summed E-state index contributed by atoms with van der Waals surface area (Å²) < 4.78 is 5.71. The maximum absolute atomic E-state index is 11.8. The lowest BCUT2D eigenvalue weighted by Gasteiger charge is -2.09. The zero-order valence-corrected chi connectivity index (χ0v) is 11.0. The van der Waals surface area contributed by atoms with Gasteiger partial charge >= 0.3 is 5.97 Å². The number of rotatable bonds is 5. The van der Waals surface area contributed by atoms with Crippen molar-refractivity contribution in [3.8, 4) is 0 Å². The van der Waals surface area contributed by atoms with Crippen molar-refractivity contribution in [2.75, 3.05) is 13.7 Å². The lowest BCUT2D eigenvalue weighted by Crippen LogP contribution is -2.34. The minimum absolute atomic E-state index is 0.0976. The Bertz CT molecular complexity index is 513. The Morgan fingerprint density at radius 3 is 2.74 bits per heavy atom. The number of carbonyl (C=O) groups is 2. The van der Waals surface area contributed by atoms with E-state index in [1.54, 1.807) is 0 Å². The highest BCUT2D eigenvalue weighted by Gasteiger charge is 2.20. The SMILES string of the molecule is COC(=O)C(Cl)CNC(=O)c1cc([N+](=O)[O-])cn1C. The number of hydrogen-bond acceptors (Lipinski definition) is 5. The molecule has 104 valence electrons. The van der Waals surface area contributed by atoms with Crippen LogP contribution in [0.4, 0.5) is 5.69 Å². The molecule has 1 atom stereocenters. The topological polar surface area (TPSA) is 103 Å². The average Bonchev–Trinajstić information content (AvgIpc) is 2.76. The quantitative estimate of drug-likeness (QED) is 0.367. The summed E-state index contributed by atoms with van der Waals surface area (Å²) in [5.41, 5.74) is -0.0940. The summed E-state index contributed by atoms with van der Waals surface area (Å²) in [7, 11) is 2.68. The summed E-state index contributed by atoms with van der Waals surface area (Å²) in [6, 6.07) is 1.14. The molecule has 1 N–H and O–H groups in total. The number of methoxy groups -OCH3 is 1. The van der Waals surface area contributed by atoms with Gasteiger partial charge in [-0.3, -0.25) is 19.7 Å². The molecule has 0 bridgehead atoms. The normalized spacial score (nSPS) is 11.7. The first-order chi connectivity index (χ1) is 8.86. The van der Waals surface area contributed by atoms with Gasteiger partial charge in [0, 0.05) is 19.7 Å². The highest BCUT2D eigenvalue weighted by molar-refractivity contribution is 6.30. The smallest absolute Gasteiger partial charge is 0.325 e. The van der Waals surface area contributed by atoms with Gasteiger partial charge in [-0.15, -0.1) is 11.6 Å². The van der Waals surface area contributed by atoms with Crippen molar-refractivity contribution in [2.45, 2.75) is 5.38 Å². The zero-order valence-electron chi connectivity index (χ0n) is 10.3. The van der Waals surface area contributed by atoms with Crippen molar-refractivity contribution in [3.05, 3.63) is 28.1 Å². The number of aromatic nitrogens is 1. The lowest BCUT2D eigenvalue weighted by molar-refractivity contribution is -0.384. The number of halogens is 1. The van der Waals surface area contributed by atoms with Crippen LogP contribution in [0.3, 0.4) is 0 Å². The lowest BCUT2D eigenvalue weighted by atomic mass is 10.3. The van der Waals surface area contributed by atoms with E-state index in [2.05, 4.69) is 10.1 Å². The van der Waals surface area contributed by atoms with E-state index in [0.717, 1.165) is 6.07 Å². The van der Waals surface area contributed by atoms with Gasteiger partial charge in [0.2, 0.25) is 0 Å². The number of nitrogens with one attached hydrogen (secondary N) is 1. The monoisotopic (exact) mass is 289 g/mol. The van der Waals surface area contributed by atoms with Crippen molar-refractivity contribution in [2.24, 2.45) is 7.05 Å². The van der Waals surface area contributed by atoms with Gasteiger partial charge in [-0.1, -0.05) is 0 Å². The predicted molar refractivity (Wildman–Crippen MR) is 66.1 cm³/mol. The van der Waals surface area contributed by atoms with Gasteiger partial charge < -0.3 is 14.6 Å². The van der Waals surface area contributed by atoms with E-state index in [-0.39, 0.29) is 17.9 Å². The largest absolute Gasteiger partial charge is 0.468 e. The summed E-state index contributed by atoms with van der Waals surface area (Å²) in [4.78, 5) is 32.7. The Morgan fingerprint density at radius 1 is 1.63 bits per heavy atom. The first kappa shape index (κ1) is 15.0. The standard InChI is InChI=1S/C10H12ClN3O5/c1-13-5-6(14(17)18)3-8(13)9(15)12-4-7(11)10(16)19-2/h3,5,7H,4H2,1-2H3,(H,12,15). The molecule has 19 heavy (non-hydrogen) atoms. The number of amides is 1. The highest BCUT2D eigenvalue weighted by Crippen LogP contribution is 2.15. The summed E-state index contributed by atoms with van der Waals surface area (Å²) in [6.45, 7) is -0.133. The summed E-state index contributed by atoms with van der Waals surface area (Å²) in [6.07, 6.45) is 1.22. The molecular formula is C10H12ClN3O5. The van der Waals surface area contributed by atoms with Crippen LogP contribution in [0.5, 0.6) is 0 Å². The summed E-state index contributed by atoms with van der Waals surface area (Å²) in [5.74, 6) is -1.23. The van der Waals surface area contributed by atoms with E-state index >= 15 is 0 Å². The number of ether oxygens (including phenoxy) is 1. The van der Waals surface area contributed by atoms with Crippen LogP contribution in [0.25, 0.3) is 0 Å². The fourth-order valence-electron chi connectivity index (χ4n) is 1.36. The molecule has 1 aromatic rings. The molecule has 1 amide bonds. The van der Waals surface area contributed by atoms with Crippen LogP contribution < -0.4 is 5.32 Å². The van der Waals surface area contributed by atoms with Gasteiger partial charge in [-0.2, -0.15) is 0 Å². The molecule has 1 unspecified atom stereocenters. The van der Waals surface area contributed by atoms with Crippen LogP contribution in [0.1, 0.15) is 10.5 Å². The van der Waals surface area contributed by atoms with Crippen LogP contribution in [-0.2, 0) is 16.6 Å². The van der Waals surface area contributed by atoms with Gasteiger partial charge in [-0.25, -0.2) is 0 Å². The predicted octanol–water partition coefficient (Wildman–Crippen LogP) is 0.443. The molecule has 0 aromatic carbocycles. The van der Waals surface area contributed by atoms with Crippen LogP contribution in [-0.4, -0.2) is 40.4 Å². The number of nitro groups is 1. The second-order valence-electron chi connectivity index (χ2n) is 3.65. The third kappa shape index (κ3) is 3.68. The van der Waals surface area contributed by atoms with Gasteiger partial charge in [-0.05, 0) is 0 Å². The first-order valence-corrected chi connectivity index (χ1v) is 5.61. The van der Waals surface area contributed by atoms with Crippen molar-refractivity contribution < 1.29 is 19.2 Å². The maximum atomic E-state index is 11.8. The summed E-state index contributed by atoms with van der Waals surface area (Å²) >= 11 is 5.65. The van der Waals surface area contributed by atoms with Crippen molar-refractivity contribution >= 4 is 29.2 Å². The van der Waals surface area contributed by atoms with E-state index in [0.29, 0.717) is 0 Å². The third-order valence-corrected chi connectivity index (χ3v) is 2.67. The third-order valence-electron chi connectivity index (χ3n) is 2.33. The molecule has 8 nitrogen and oxygen atoms in total. The van der Waals surface area contributed by atoms with Gasteiger partial charge in [0.15, 0.2) is 0 Å². The maximum Gasteiger partial charge on any atom is 0.325 e. The molecule has 9 heteroatoms. The molecule has 0 saturated heterocycles. The molecule has 1 aromatic heterocycles. The van der Waals surface area contributed by atoms with E-state index in [9.17, 15) is 19.7 Å². The van der Waals surface area contributed by atoms with Crippen LogP contribution in [0.2, 0.25) is 0 Å². The van der Waals surface area contributed by atoms with Gasteiger partial charge in [0.1, 0.15) is 11.1 Å². The van der Waals surface area contributed by atoms with E-state index < -0.39 is 22.2 Å². The Hall–Kier alpha value is -2.09. The minimum Gasteiger partial charge on any atom is -0.468 e. The number of carbonyl (C=O) groups excluding carboxylic acids is 2. The molecule has 0 spiro atoms. The number of aryl methyl sites for hydroxylation is 1. The molecule has 0 radical (unpaired) electrons. The van der Waals surface area contributed by atoms with Crippen LogP contribution >= 0.6 is 11.6 Å². The van der Waals surface area contributed by atoms with E-state index in [4.69, 9.17) is 11.6 Å². The first-order valence-electron chi connectivity index (χ1n) is 5.17. The Balaban J connectivity index is 2.68. The second-order valence-corrected chi connectivity index (χ2v) is 4.18. The fraction of sp³-hybridized carbons (Fsp3) is 0.400. The van der Waals surface area contributed by atoms with E-state index in [1.807, 2.05) is 0 Å². The van der Waals surface area contributed by atoms with Gasteiger partial charge in [0.05, 0.1) is 18.2 Å². The molecule has 0 aliphatic carbocycles. The molecule has 0 aliphatic heterocycles. The van der Waals surface area contributed by atoms with E-state index in [1.165, 1.54) is 24.9 Å². The number of alkyl halides is 1. The average molecular weight is 290 g/mol. The van der Waals surface area contributed by atoms with Crippen LogP contribution in [0, 0.1) is 10.1 Å². The Kier molecular flexibility index (Phi) is 4.87. The molecule has 0 aliphatic rings. The summed E-state index contributed by atoms with van der Waals surface area (Å²) in [5, 5.41) is 11.9. The molecule has 0 saturated carbocycles. The Morgan fingerprint density at radius 2 is 2.26 bits per heavy atom. The fourth-order valence-corrected chi connectivity index (χ4v) is 1.52. The van der Waals surface area contributed by atoms with Crippen molar-refractivity contribution in [3.63, 3.8) is 0 Å². The molecule has 0 fully saturated rings. The minimum atomic E-state index is -1.01. The zero-order chi connectivity index (χ0) is 14.6. The number of esters is 1. The molecule has 1 rings (SSSR count). The molecule has 1 heterocycles. The number of nitrogens with zero attached hydrogens (tertiary/aromatic N) is 2. The highest BCUT2D eigenvalue weighted by atomic mass is 35.5. The second kappa shape index (κ2) is 6.19. The van der Waals surface area contributed by atoms with Gasteiger partial charge in [0.25, 0.3) is 11.6 Å². The van der Waals surface area contributed by atoms with Crippen molar-refractivity contribution in [1.29, 1.82) is 0 Å². The Labute approximate surface area is 113 Å².